The summed E-state index contributed by atoms with van der Waals surface area (Å²) in [6.07, 6.45) is 2.11. The maximum Gasteiger partial charge on any atom is 0.248 e. The van der Waals surface area contributed by atoms with Crippen LogP contribution in [0.1, 0.15) is 35.0 Å². The van der Waals surface area contributed by atoms with E-state index in [2.05, 4.69) is 4.98 Å². The third-order valence-corrected chi connectivity index (χ3v) is 5.01. The Labute approximate surface area is 139 Å². The minimum absolute atomic E-state index is 0.186. The van der Waals surface area contributed by atoms with Gasteiger partial charge in [-0.1, -0.05) is 12.1 Å². The molecule has 0 saturated carbocycles. The summed E-state index contributed by atoms with van der Waals surface area (Å²) >= 11 is 0. The van der Waals surface area contributed by atoms with Gasteiger partial charge in [0.05, 0.1) is 18.3 Å². The molecular formula is C18H19FN4O. The van der Waals surface area contributed by atoms with Crippen LogP contribution in [0.25, 0.3) is 11.3 Å². The zero-order valence-electron chi connectivity index (χ0n) is 13.5. The van der Waals surface area contributed by atoms with Crippen LogP contribution in [0, 0.1) is 0 Å². The number of anilines is 1. The van der Waals surface area contributed by atoms with E-state index in [1.807, 2.05) is 24.0 Å². The van der Waals surface area contributed by atoms with Crippen molar-refractivity contribution in [2.24, 2.45) is 5.73 Å². The molecule has 1 aliphatic carbocycles. The molecule has 1 aromatic carbocycles. The standard InChI is InChI=1S/C18H19FN4O/c1-10-14(19)9-23(10)18-21-15-4-2-3-13(15)16(22-18)11-5-7-12(8-6-11)17(20)24/h5-8,10,14H,2-4,9H2,1H3,(H2,20,24)/t10-,14-/m0/s1. The Kier molecular flexibility index (Phi) is 3.48. The van der Waals surface area contributed by atoms with Crippen LogP contribution in [0.2, 0.25) is 0 Å². The molecule has 0 spiro atoms. The number of primary amides is 1. The molecule has 1 saturated heterocycles. The second-order valence-corrected chi connectivity index (χ2v) is 6.50. The van der Waals surface area contributed by atoms with Crippen molar-refractivity contribution in [3.8, 4) is 11.3 Å². The molecule has 1 fully saturated rings. The minimum Gasteiger partial charge on any atom is -0.366 e. The minimum atomic E-state index is -0.819. The Hall–Kier alpha value is -2.50. The van der Waals surface area contributed by atoms with E-state index in [9.17, 15) is 9.18 Å². The number of benzene rings is 1. The van der Waals surface area contributed by atoms with E-state index >= 15 is 0 Å². The van der Waals surface area contributed by atoms with Crippen LogP contribution in [0.5, 0.6) is 0 Å². The van der Waals surface area contributed by atoms with Gasteiger partial charge in [0.25, 0.3) is 0 Å². The number of halogens is 1. The van der Waals surface area contributed by atoms with Crippen molar-refractivity contribution in [1.29, 1.82) is 0 Å². The van der Waals surface area contributed by atoms with Crippen molar-refractivity contribution in [2.45, 2.75) is 38.4 Å². The number of rotatable bonds is 3. The lowest BCUT2D eigenvalue weighted by Crippen LogP contribution is -2.57. The summed E-state index contributed by atoms with van der Waals surface area (Å²) in [5.41, 5.74) is 9.82. The number of aromatic nitrogens is 2. The fraction of sp³-hybridized carbons (Fsp3) is 0.389. The summed E-state index contributed by atoms with van der Waals surface area (Å²) in [7, 11) is 0. The maximum absolute atomic E-state index is 13.5. The highest BCUT2D eigenvalue weighted by atomic mass is 19.1. The van der Waals surface area contributed by atoms with Crippen LogP contribution in [0.4, 0.5) is 10.3 Å². The maximum atomic E-state index is 13.5. The van der Waals surface area contributed by atoms with Crippen LogP contribution in [-0.2, 0) is 12.8 Å². The summed E-state index contributed by atoms with van der Waals surface area (Å²) in [6.45, 7) is 2.20. The molecule has 2 aliphatic rings. The summed E-state index contributed by atoms with van der Waals surface area (Å²) in [5.74, 6) is 0.157. The molecule has 1 aromatic heterocycles. The average Bonchev–Trinajstić information content (AvgIpc) is 3.07. The number of alkyl halides is 1. The summed E-state index contributed by atoms with van der Waals surface area (Å²) in [5, 5.41) is 0. The van der Waals surface area contributed by atoms with Crippen molar-refractivity contribution in [2.75, 3.05) is 11.4 Å². The first kappa shape index (κ1) is 15.1. The molecule has 0 unspecified atom stereocenters. The number of nitrogens with zero attached hydrogens (tertiary/aromatic N) is 3. The van der Waals surface area contributed by atoms with Gasteiger partial charge in [0.1, 0.15) is 6.17 Å². The van der Waals surface area contributed by atoms with Crippen LogP contribution in [-0.4, -0.2) is 34.6 Å². The van der Waals surface area contributed by atoms with E-state index in [-0.39, 0.29) is 6.04 Å². The van der Waals surface area contributed by atoms with Gasteiger partial charge in [0.15, 0.2) is 0 Å². The van der Waals surface area contributed by atoms with E-state index in [1.165, 1.54) is 0 Å². The average molecular weight is 326 g/mol. The number of nitrogens with two attached hydrogens (primary N) is 1. The Balaban J connectivity index is 1.77. The van der Waals surface area contributed by atoms with Crippen molar-refractivity contribution in [3.05, 3.63) is 41.1 Å². The molecule has 2 atom stereocenters. The van der Waals surface area contributed by atoms with Gasteiger partial charge >= 0.3 is 0 Å². The van der Waals surface area contributed by atoms with Crippen molar-refractivity contribution >= 4 is 11.9 Å². The third kappa shape index (κ3) is 2.33. The second-order valence-electron chi connectivity index (χ2n) is 6.50. The van der Waals surface area contributed by atoms with Gasteiger partial charge in [-0.2, -0.15) is 0 Å². The quantitative estimate of drug-likeness (QED) is 0.939. The highest BCUT2D eigenvalue weighted by Crippen LogP contribution is 2.34. The molecule has 1 aliphatic heterocycles. The summed E-state index contributed by atoms with van der Waals surface area (Å²) in [6, 6.07) is 6.97. The van der Waals surface area contributed by atoms with Gasteiger partial charge in [-0.15, -0.1) is 0 Å². The van der Waals surface area contributed by atoms with Gasteiger partial charge in [0, 0.05) is 22.4 Å². The normalized spacial score (nSPS) is 22.2. The van der Waals surface area contributed by atoms with E-state index in [0.717, 1.165) is 41.8 Å². The van der Waals surface area contributed by atoms with Gasteiger partial charge < -0.3 is 10.6 Å². The van der Waals surface area contributed by atoms with Crippen molar-refractivity contribution in [1.82, 2.24) is 9.97 Å². The molecule has 2 aromatic rings. The SMILES string of the molecule is C[C@H]1[C@@H](F)CN1c1nc2c(c(-c3ccc(C(N)=O)cc3)n1)CCC2. The molecule has 2 heterocycles. The Morgan fingerprint density at radius 3 is 2.62 bits per heavy atom. The molecular weight excluding hydrogens is 307 g/mol. The topological polar surface area (TPSA) is 72.1 Å². The zero-order valence-corrected chi connectivity index (χ0v) is 13.5. The number of fused-ring (bicyclic) bond motifs is 1. The van der Waals surface area contributed by atoms with E-state index in [1.54, 1.807) is 12.1 Å². The van der Waals surface area contributed by atoms with Gasteiger partial charge in [-0.25, -0.2) is 14.4 Å². The molecule has 1 amide bonds. The first-order valence-corrected chi connectivity index (χ1v) is 8.25. The van der Waals surface area contributed by atoms with Crippen molar-refractivity contribution in [3.63, 3.8) is 0 Å². The predicted molar refractivity (Wildman–Crippen MR) is 89.7 cm³/mol. The molecule has 5 nitrogen and oxygen atoms in total. The number of carbonyl (C=O) groups excluding carboxylic acids is 1. The van der Waals surface area contributed by atoms with Crippen molar-refractivity contribution < 1.29 is 9.18 Å². The Morgan fingerprint density at radius 2 is 2.00 bits per heavy atom. The van der Waals surface area contributed by atoms with Gasteiger partial charge in [0.2, 0.25) is 11.9 Å². The first-order chi connectivity index (χ1) is 11.5. The fourth-order valence-electron chi connectivity index (χ4n) is 3.41. The summed E-state index contributed by atoms with van der Waals surface area (Å²) < 4.78 is 13.5. The smallest absolute Gasteiger partial charge is 0.248 e. The predicted octanol–water partition coefficient (Wildman–Crippen LogP) is 2.28. The summed E-state index contributed by atoms with van der Waals surface area (Å²) in [4.78, 5) is 22.5. The number of hydrogen-bond donors (Lipinski definition) is 1. The second kappa shape index (κ2) is 5.54. The number of hydrogen-bond acceptors (Lipinski definition) is 4. The lowest BCUT2D eigenvalue weighted by atomic mass is 10.0. The Morgan fingerprint density at radius 1 is 1.25 bits per heavy atom. The monoisotopic (exact) mass is 326 g/mol. The molecule has 24 heavy (non-hydrogen) atoms. The van der Waals surface area contributed by atoms with Gasteiger partial charge in [-0.05, 0) is 38.3 Å². The molecule has 6 heteroatoms. The molecule has 0 bridgehead atoms. The number of amides is 1. The fourth-order valence-corrected chi connectivity index (χ4v) is 3.41. The lowest BCUT2D eigenvalue weighted by Gasteiger charge is -2.42. The zero-order chi connectivity index (χ0) is 16.8. The number of aryl methyl sites for hydroxylation is 1. The molecule has 124 valence electrons. The lowest BCUT2D eigenvalue weighted by molar-refractivity contribution is 0.100. The van der Waals surface area contributed by atoms with Crippen LogP contribution in [0.3, 0.4) is 0 Å². The van der Waals surface area contributed by atoms with E-state index in [4.69, 9.17) is 10.7 Å². The van der Waals surface area contributed by atoms with Crippen LogP contribution >= 0.6 is 0 Å². The highest BCUT2D eigenvalue weighted by molar-refractivity contribution is 5.93. The molecule has 0 radical (unpaired) electrons. The van der Waals surface area contributed by atoms with Crippen LogP contribution in [0.15, 0.2) is 24.3 Å². The van der Waals surface area contributed by atoms with E-state index < -0.39 is 12.1 Å². The van der Waals surface area contributed by atoms with Crippen LogP contribution < -0.4 is 10.6 Å². The largest absolute Gasteiger partial charge is 0.366 e. The third-order valence-electron chi connectivity index (χ3n) is 5.01. The molecule has 4 rings (SSSR count). The highest BCUT2D eigenvalue weighted by Gasteiger charge is 2.38. The van der Waals surface area contributed by atoms with E-state index in [0.29, 0.717) is 18.1 Å². The Bertz CT molecular complexity index is 805. The van der Waals surface area contributed by atoms with Gasteiger partial charge in [-0.3, -0.25) is 4.79 Å². The number of carbonyl (C=O) groups is 1. The first-order valence-electron chi connectivity index (χ1n) is 8.25. The molecule has 2 N–H and O–H groups in total.